The van der Waals surface area contributed by atoms with E-state index < -0.39 is 5.97 Å². The first kappa shape index (κ1) is 21.7. The molecule has 1 aliphatic carbocycles. The predicted octanol–water partition coefficient (Wildman–Crippen LogP) is 5.53. The molecular formula is C26H24FN3O2S. The Labute approximate surface area is 195 Å². The maximum atomic E-state index is 14.9. The summed E-state index contributed by atoms with van der Waals surface area (Å²) < 4.78 is 14.9. The third kappa shape index (κ3) is 4.38. The molecule has 33 heavy (non-hydrogen) atoms. The number of carboxylic acid groups (broad SMARTS) is 1. The Morgan fingerprint density at radius 2 is 1.94 bits per heavy atom. The number of nitrogens with zero attached hydrogens (tertiary/aromatic N) is 2. The maximum absolute atomic E-state index is 14.9. The molecule has 2 aromatic heterocycles. The van der Waals surface area contributed by atoms with Crippen LogP contribution >= 0.6 is 11.3 Å². The number of halogens is 1. The van der Waals surface area contributed by atoms with E-state index in [0.717, 1.165) is 34.4 Å². The summed E-state index contributed by atoms with van der Waals surface area (Å²) in [5, 5.41) is 12.6. The third-order valence-corrected chi connectivity index (χ3v) is 7.22. The largest absolute Gasteiger partial charge is 0.481 e. The van der Waals surface area contributed by atoms with Gasteiger partial charge in [-0.25, -0.2) is 14.4 Å². The summed E-state index contributed by atoms with van der Waals surface area (Å²) in [5.74, 6) is -1.21. The van der Waals surface area contributed by atoms with Crippen LogP contribution in [0.5, 0.6) is 0 Å². The number of aromatic nitrogens is 2. The van der Waals surface area contributed by atoms with Gasteiger partial charge in [-0.1, -0.05) is 47.7 Å². The van der Waals surface area contributed by atoms with E-state index in [9.17, 15) is 9.18 Å². The first-order valence-electron chi connectivity index (χ1n) is 11.0. The minimum Gasteiger partial charge on any atom is -0.481 e. The number of hydrogen-bond acceptors (Lipinski definition) is 5. The van der Waals surface area contributed by atoms with E-state index in [0.29, 0.717) is 17.1 Å². The normalized spacial score (nSPS) is 15.5. The highest BCUT2D eigenvalue weighted by molar-refractivity contribution is 7.21. The topological polar surface area (TPSA) is 75.1 Å². The standard InChI is InChI=1S/C26H24FN3O2S/c1-16(13-23(31)32)28-15-17-7-8-19(20(27)14-17)24-29-21-9-10-22(30-25(21)33-24)26(11-12-26)18-5-3-2-4-6-18/h2-10,14,16,28H,11-13,15H2,1H3,(H,31,32)/t16-/m0/s1. The van der Waals surface area contributed by atoms with E-state index >= 15 is 0 Å². The van der Waals surface area contributed by atoms with Crippen LogP contribution in [0.4, 0.5) is 4.39 Å². The van der Waals surface area contributed by atoms with E-state index in [1.165, 1.54) is 23.0 Å². The Morgan fingerprint density at radius 1 is 1.15 bits per heavy atom. The highest BCUT2D eigenvalue weighted by Crippen LogP contribution is 2.53. The lowest BCUT2D eigenvalue weighted by molar-refractivity contribution is -0.137. The van der Waals surface area contributed by atoms with Gasteiger partial charge in [0.2, 0.25) is 0 Å². The zero-order valence-electron chi connectivity index (χ0n) is 18.2. The molecule has 1 aliphatic rings. The summed E-state index contributed by atoms with van der Waals surface area (Å²) in [4.78, 5) is 21.2. The van der Waals surface area contributed by atoms with Crippen LogP contribution in [0.25, 0.3) is 20.9 Å². The Balaban J connectivity index is 1.38. The molecule has 2 aromatic carbocycles. The highest BCUT2D eigenvalue weighted by Gasteiger charge is 2.47. The number of benzene rings is 2. The van der Waals surface area contributed by atoms with Gasteiger partial charge in [-0.2, -0.15) is 0 Å². The Bertz CT molecular complexity index is 1320. The minimum atomic E-state index is -0.861. The summed E-state index contributed by atoms with van der Waals surface area (Å²) >= 11 is 1.41. The van der Waals surface area contributed by atoms with Crippen LogP contribution in [0.3, 0.4) is 0 Å². The summed E-state index contributed by atoms with van der Waals surface area (Å²) in [6, 6.07) is 19.4. The molecular weight excluding hydrogens is 437 g/mol. The number of pyridine rings is 1. The Kier molecular flexibility index (Phi) is 5.68. The third-order valence-electron chi connectivity index (χ3n) is 6.22. The second-order valence-corrected chi connectivity index (χ2v) is 9.66. The molecule has 4 aromatic rings. The van der Waals surface area contributed by atoms with Gasteiger partial charge in [0.1, 0.15) is 21.2 Å². The van der Waals surface area contributed by atoms with Gasteiger partial charge in [0.25, 0.3) is 0 Å². The van der Waals surface area contributed by atoms with Crippen LogP contribution in [0, 0.1) is 5.82 Å². The quantitative estimate of drug-likeness (QED) is 0.361. The Morgan fingerprint density at radius 3 is 2.64 bits per heavy atom. The van der Waals surface area contributed by atoms with Gasteiger partial charge < -0.3 is 10.4 Å². The van der Waals surface area contributed by atoms with Crippen LogP contribution < -0.4 is 5.32 Å². The molecule has 1 atom stereocenters. The molecule has 0 bridgehead atoms. The number of rotatable bonds is 8. The minimum absolute atomic E-state index is 0.0166. The van der Waals surface area contributed by atoms with Crippen LogP contribution in [-0.2, 0) is 16.8 Å². The number of hydrogen-bond donors (Lipinski definition) is 2. The molecule has 0 saturated heterocycles. The van der Waals surface area contributed by atoms with Crippen molar-refractivity contribution in [3.63, 3.8) is 0 Å². The fourth-order valence-electron chi connectivity index (χ4n) is 4.24. The van der Waals surface area contributed by atoms with Crippen molar-refractivity contribution in [3.05, 3.63) is 83.3 Å². The first-order valence-corrected chi connectivity index (χ1v) is 11.8. The smallest absolute Gasteiger partial charge is 0.304 e. The van der Waals surface area contributed by atoms with E-state index in [4.69, 9.17) is 10.1 Å². The fraction of sp³-hybridized carbons (Fsp3) is 0.269. The van der Waals surface area contributed by atoms with E-state index in [2.05, 4.69) is 40.6 Å². The average Bonchev–Trinajstić information content (AvgIpc) is 3.51. The maximum Gasteiger partial charge on any atom is 0.304 e. The fourth-order valence-corrected chi connectivity index (χ4v) is 5.21. The van der Waals surface area contributed by atoms with Crippen molar-refractivity contribution in [1.82, 2.24) is 15.3 Å². The van der Waals surface area contributed by atoms with E-state index in [1.54, 1.807) is 13.0 Å². The van der Waals surface area contributed by atoms with Crippen LogP contribution in [0.1, 0.15) is 43.0 Å². The van der Waals surface area contributed by atoms with E-state index in [1.807, 2.05) is 18.2 Å². The summed E-state index contributed by atoms with van der Waals surface area (Å²) in [7, 11) is 0. The van der Waals surface area contributed by atoms with Crippen LogP contribution in [-0.4, -0.2) is 27.1 Å². The number of carboxylic acids is 1. The van der Waals surface area contributed by atoms with Gasteiger partial charge >= 0.3 is 5.97 Å². The number of aliphatic carboxylic acids is 1. The first-order chi connectivity index (χ1) is 15.9. The molecule has 1 fully saturated rings. The van der Waals surface area contributed by atoms with Crippen molar-refractivity contribution < 1.29 is 14.3 Å². The van der Waals surface area contributed by atoms with Gasteiger partial charge in [-0.05, 0) is 55.2 Å². The molecule has 7 heteroatoms. The molecule has 0 radical (unpaired) electrons. The average molecular weight is 462 g/mol. The predicted molar refractivity (Wildman–Crippen MR) is 128 cm³/mol. The van der Waals surface area contributed by atoms with Crippen molar-refractivity contribution in [3.8, 4) is 10.6 Å². The SMILES string of the molecule is C[C@@H](CC(=O)O)NCc1ccc(-c2nc3ccc(C4(c5ccccc5)CC4)nc3s2)c(F)c1. The van der Waals surface area contributed by atoms with Gasteiger partial charge in [0.15, 0.2) is 0 Å². The molecule has 0 aliphatic heterocycles. The molecule has 5 rings (SSSR count). The van der Waals surface area contributed by atoms with Crippen LogP contribution in [0.15, 0.2) is 60.7 Å². The van der Waals surface area contributed by atoms with Crippen molar-refractivity contribution >= 4 is 27.7 Å². The molecule has 5 nitrogen and oxygen atoms in total. The lowest BCUT2D eigenvalue weighted by atomic mass is 9.92. The number of nitrogens with one attached hydrogen (secondary N) is 1. The summed E-state index contributed by atoms with van der Waals surface area (Å²) in [5.41, 5.74) is 4.30. The van der Waals surface area contributed by atoms with Gasteiger partial charge in [-0.3, -0.25) is 4.79 Å². The van der Waals surface area contributed by atoms with Crippen molar-refractivity contribution in [1.29, 1.82) is 0 Å². The van der Waals surface area contributed by atoms with Crippen molar-refractivity contribution in [2.45, 2.75) is 44.2 Å². The second kappa shape index (κ2) is 8.65. The zero-order valence-corrected chi connectivity index (χ0v) is 19.0. The molecule has 168 valence electrons. The van der Waals surface area contributed by atoms with Crippen LogP contribution in [0.2, 0.25) is 0 Å². The molecule has 0 unspecified atom stereocenters. The molecule has 2 N–H and O–H groups in total. The zero-order chi connectivity index (χ0) is 23.0. The van der Waals surface area contributed by atoms with Crippen molar-refractivity contribution in [2.75, 3.05) is 0 Å². The molecule has 0 amide bonds. The lowest BCUT2D eigenvalue weighted by Crippen LogP contribution is -2.27. The number of fused-ring (bicyclic) bond motifs is 1. The molecule has 1 saturated carbocycles. The number of thiazole rings is 1. The van der Waals surface area contributed by atoms with Gasteiger partial charge in [-0.15, -0.1) is 0 Å². The van der Waals surface area contributed by atoms with E-state index in [-0.39, 0.29) is 23.7 Å². The van der Waals surface area contributed by atoms with Crippen molar-refractivity contribution in [2.24, 2.45) is 0 Å². The van der Waals surface area contributed by atoms with Gasteiger partial charge in [0.05, 0.1) is 12.1 Å². The second-order valence-electron chi connectivity index (χ2n) is 8.68. The number of carbonyl (C=O) groups is 1. The Hall–Kier alpha value is -3.16. The summed E-state index contributed by atoms with van der Waals surface area (Å²) in [6.45, 7) is 2.20. The monoisotopic (exact) mass is 461 g/mol. The highest BCUT2D eigenvalue weighted by atomic mass is 32.1. The molecule has 0 spiro atoms. The summed E-state index contributed by atoms with van der Waals surface area (Å²) in [6.07, 6.45) is 2.18. The molecule has 2 heterocycles. The lowest BCUT2D eigenvalue weighted by Gasteiger charge is -2.14. The van der Waals surface area contributed by atoms with Gasteiger partial charge in [0, 0.05) is 23.6 Å².